The van der Waals surface area contributed by atoms with Crippen molar-refractivity contribution in [2.45, 2.75) is 78.7 Å². The van der Waals surface area contributed by atoms with E-state index in [4.69, 9.17) is 9.47 Å². The molecule has 0 fully saturated rings. The lowest BCUT2D eigenvalue weighted by Crippen LogP contribution is -2.46. The van der Waals surface area contributed by atoms with Crippen LogP contribution in [-0.4, -0.2) is 24.4 Å². The first-order valence-electron chi connectivity index (χ1n) is 12.1. The van der Waals surface area contributed by atoms with Crippen LogP contribution in [-0.2, 0) is 20.6 Å². The first kappa shape index (κ1) is 28.7. The number of ether oxygens (including phenoxy) is 2. The molecule has 0 heterocycles. The average molecular weight is 493 g/mol. The molecule has 2 amide bonds. The molecule has 6 nitrogen and oxygen atoms in total. The molecule has 0 aliphatic heterocycles. The van der Waals surface area contributed by atoms with Crippen LogP contribution in [0, 0.1) is 0 Å². The van der Waals surface area contributed by atoms with Crippen LogP contribution in [0.5, 0.6) is 0 Å². The van der Waals surface area contributed by atoms with Gasteiger partial charge in [-0.2, -0.15) is 0 Å². The molecule has 0 aliphatic carbocycles. The molecular weight excluding hydrogens is 452 g/mol. The molecule has 0 radical (unpaired) electrons. The number of carbonyl (C=O) groups is 2. The lowest BCUT2D eigenvalue weighted by Gasteiger charge is -2.30. The second kappa shape index (κ2) is 11.5. The SMILES string of the molecule is C=C(C)c1ccc(C(C)(C)NC(=O)OC(C)C(C)OC(=O)NC(C)(C)c2ccc(C(=C)C)cc2)cc1. The number of carbonyl (C=O) groups excluding carboxylic acids is 2. The zero-order valence-electron chi connectivity index (χ0n) is 22.8. The Bertz CT molecular complexity index is 1010. The molecule has 2 aromatic rings. The van der Waals surface area contributed by atoms with E-state index >= 15 is 0 Å². The number of benzene rings is 2. The fourth-order valence-corrected chi connectivity index (χ4v) is 3.59. The monoisotopic (exact) mass is 492 g/mol. The summed E-state index contributed by atoms with van der Waals surface area (Å²) in [6, 6.07) is 15.7. The minimum Gasteiger partial charge on any atom is -0.443 e. The Morgan fingerprint density at radius 3 is 1.19 bits per heavy atom. The first-order valence-corrected chi connectivity index (χ1v) is 12.1. The lowest BCUT2D eigenvalue weighted by atomic mass is 9.93. The fraction of sp³-hybridized carbons (Fsp3) is 0.400. The van der Waals surface area contributed by atoms with Gasteiger partial charge in [0.05, 0.1) is 11.1 Å². The van der Waals surface area contributed by atoms with Gasteiger partial charge in [-0.1, -0.05) is 72.8 Å². The van der Waals surface area contributed by atoms with E-state index in [1.165, 1.54) is 0 Å². The molecule has 0 spiro atoms. The zero-order chi connectivity index (χ0) is 27.3. The normalized spacial score (nSPS) is 13.2. The lowest BCUT2D eigenvalue weighted by molar-refractivity contribution is 0.00340. The van der Waals surface area contributed by atoms with Crippen molar-refractivity contribution in [3.8, 4) is 0 Å². The third-order valence-corrected chi connectivity index (χ3v) is 6.27. The second-order valence-corrected chi connectivity index (χ2v) is 10.4. The van der Waals surface area contributed by atoms with E-state index in [1.54, 1.807) is 13.8 Å². The third-order valence-electron chi connectivity index (χ3n) is 6.27. The molecule has 2 unspecified atom stereocenters. The van der Waals surface area contributed by atoms with Crippen molar-refractivity contribution < 1.29 is 19.1 Å². The summed E-state index contributed by atoms with van der Waals surface area (Å²) in [6.07, 6.45) is -2.50. The molecule has 0 saturated carbocycles. The van der Waals surface area contributed by atoms with E-state index in [0.29, 0.717) is 0 Å². The minimum absolute atomic E-state index is 0.592. The van der Waals surface area contributed by atoms with Gasteiger partial charge in [0.25, 0.3) is 0 Å². The predicted octanol–water partition coefficient (Wildman–Crippen LogP) is 7.15. The summed E-state index contributed by atoms with van der Waals surface area (Å²) in [5, 5.41) is 5.77. The molecule has 0 bridgehead atoms. The molecule has 194 valence electrons. The summed E-state index contributed by atoms with van der Waals surface area (Å²) in [4.78, 5) is 25.2. The van der Waals surface area contributed by atoms with Gasteiger partial charge < -0.3 is 20.1 Å². The molecule has 36 heavy (non-hydrogen) atoms. The molecular formula is C30H40N2O4. The zero-order valence-corrected chi connectivity index (χ0v) is 22.8. The highest BCUT2D eigenvalue weighted by atomic mass is 16.6. The van der Waals surface area contributed by atoms with Gasteiger partial charge in [-0.15, -0.1) is 0 Å². The minimum atomic E-state index is -0.657. The number of alkyl carbamates (subject to hydrolysis) is 2. The van der Waals surface area contributed by atoms with Crippen molar-refractivity contribution in [3.63, 3.8) is 0 Å². The summed E-state index contributed by atoms with van der Waals surface area (Å²) in [5.41, 5.74) is 4.58. The van der Waals surface area contributed by atoms with Crippen molar-refractivity contribution >= 4 is 23.3 Å². The van der Waals surface area contributed by atoms with Gasteiger partial charge in [0.15, 0.2) is 0 Å². The van der Waals surface area contributed by atoms with Gasteiger partial charge in [0.2, 0.25) is 0 Å². The Balaban J connectivity index is 1.91. The van der Waals surface area contributed by atoms with Crippen LogP contribution in [0.2, 0.25) is 0 Å². The molecule has 0 aliphatic rings. The van der Waals surface area contributed by atoms with E-state index in [1.807, 2.05) is 90.1 Å². The van der Waals surface area contributed by atoms with E-state index in [9.17, 15) is 9.59 Å². The number of rotatable bonds is 9. The highest BCUT2D eigenvalue weighted by Crippen LogP contribution is 2.24. The van der Waals surface area contributed by atoms with Gasteiger partial charge in [-0.3, -0.25) is 0 Å². The van der Waals surface area contributed by atoms with Crippen LogP contribution in [0.25, 0.3) is 11.1 Å². The van der Waals surface area contributed by atoms with E-state index < -0.39 is 35.5 Å². The second-order valence-electron chi connectivity index (χ2n) is 10.4. The summed E-state index contributed by atoms with van der Waals surface area (Å²) >= 11 is 0. The van der Waals surface area contributed by atoms with Crippen molar-refractivity contribution in [1.82, 2.24) is 10.6 Å². The Labute approximate surface area is 215 Å². The Morgan fingerprint density at radius 2 is 0.944 bits per heavy atom. The van der Waals surface area contributed by atoms with Gasteiger partial charge in [-0.25, -0.2) is 9.59 Å². The van der Waals surface area contributed by atoms with E-state index in [0.717, 1.165) is 33.4 Å². The number of allylic oxidation sites excluding steroid dienone is 2. The van der Waals surface area contributed by atoms with Crippen LogP contribution in [0.3, 0.4) is 0 Å². The molecule has 2 N–H and O–H groups in total. The maximum absolute atomic E-state index is 12.6. The predicted molar refractivity (Wildman–Crippen MR) is 147 cm³/mol. The molecule has 0 aromatic heterocycles. The highest BCUT2D eigenvalue weighted by Gasteiger charge is 2.29. The third kappa shape index (κ3) is 7.74. The molecule has 2 rings (SSSR count). The fourth-order valence-electron chi connectivity index (χ4n) is 3.59. The quantitative estimate of drug-likeness (QED) is 0.390. The number of nitrogens with one attached hydrogen (secondary N) is 2. The van der Waals surface area contributed by atoms with Crippen molar-refractivity contribution in [2.24, 2.45) is 0 Å². The van der Waals surface area contributed by atoms with E-state index in [-0.39, 0.29) is 0 Å². The van der Waals surface area contributed by atoms with Crippen molar-refractivity contribution in [2.75, 3.05) is 0 Å². The van der Waals surface area contributed by atoms with Crippen molar-refractivity contribution in [3.05, 3.63) is 83.9 Å². The number of amides is 2. The maximum Gasteiger partial charge on any atom is 0.408 e. The van der Waals surface area contributed by atoms with Crippen molar-refractivity contribution in [1.29, 1.82) is 0 Å². The topological polar surface area (TPSA) is 76.7 Å². The largest absolute Gasteiger partial charge is 0.443 e. The van der Waals surface area contributed by atoms with Gasteiger partial charge in [0, 0.05) is 0 Å². The summed E-state index contributed by atoms with van der Waals surface area (Å²) < 4.78 is 11.0. The van der Waals surface area contributed by atoms with E-state index in [2.05, 4.69) is 23.8 Å². The molecule has 6 heteroatoms. The summed E-state index contributed by atoms with van der Waals surface area (Å²) in [6.45, 7) is 22.7. The van der Waals surface area contributed by atoms with Crippen LogP contribution < -0.4 is 10.6 Å². The summed E-state index contributed by atoms with van der Waals surface area (Å²) in [7, 11) is 0. The molecule has 2 atom stereocenters. The van der Waals surface area contributed by atoms with Crippen LogP contribution >= 0.6 is 0 Å². The van der Waals surface area contributed by atoms with Crippen LogP contribution in [0.1, 0.15) is 77.6 Å². The Morgan fingerprint density at radius 1 is 0.667 bits per heavy atom. The smallest absolute Gasteiger partial charge is 0.408 e. The Kier molecular flexibility index (Phi) is 9.14. The van der Waals surface area contributed by atoms with Gasteiger partial charge in [-0.05, 0) is 77.6 Å². The van der Waals surface area contributed by atoms with Gasteiger partial charge in [0.1, 0.15) is 12.2 Å². The number of hydrogen-bond acceptors (Lipinski definition) is 4. The van der Waals surface area contributed by atoms with Crippen LogP contribution in [0.15, 0.2) is 61.7 Å². The highest BCUT2D eigenvalue weighted by molar-refractivity contribution is 5.70. The molecule has 2 aromatic carbocycles. The Hall–Kier alpha value is -3.54. The summed E-state index contributed by atoms with van der Waals surface area (Å²) in [5.74, 6) is 0. The number of hydrogen-bond donors (Lipinski definition) is 2. The van der Waals surface area contributed by atoms with Crippen LogP contribution in [0.4, 0.5) is 9.59 Å². The average Bonchev–Trinajstić information content (AvgIpc) is 2.78. The molecule has 0 saturated heterocycles. The first-order chi connectivity index (χ1) is 16.6. The van der Waals surface area contributed by atoms with Gasteiger partial charge >= 0.3 is 12.2 Å². The standard InChI is InChI=1S/C30H40N2O4/c1-19(2)23-11-15-25(16-12-23)29(7,8)31-27(33)35-21(5)22(6)36-28(34)32-30(9,10)26-17-13-24(14-18-26)20(3)4/h11-18,21-22H,1,3H2,2,4-10H3,(H,31,33)(H,32,34). The maximum atomic E-state index is 12.6.